The van der Waals surface area contributed by atoms with Crippen molar-refractivity contribution in [1.29, 1.82) is 0 Å². The summed E-state index contributed by atoms with van der Waals surface area (Å²) in [5.41, 5.74) is 0.854. The summed E-state index contributed by atoms with van der Waals surface area (Å²) >= 11 is 0. The Bertz CT molecular complexity index is 691. The van der Waals surface area contributed by atoms with Crippen molar-refractivity contribution in [1.82, 2.24) is 10.6 Å². The van der Waals surface area contributed by atoms with Gasteiger partial charge in [-0.15, -0.1) is 24.0 Å². The molecule has 7 nitrogen and oxygen atoms in total. The number of benzene rings is 1. The predicted octanol–water partition coefficient (Wildman–Crippen LogP) is 3.65. The van der Waals surface area contributed by atoms with Crippen molar-refractivity contribution >= 4 is 41.5 Å². The van der Waals surface area contributed by atoms with E-state index in [1.807, 2.05) is 24.3 Å². The number of hydrogen-bond donors (Lipinski definition) is 3. The highest BCUT2D eigenvalue weighted by atomic mass is 127. The third-order valence-electron chi connectivity index (χ3n) is 4.87. The molecule has 0 aromatic heterocycles. The van der Waals surface area contributed by atoms with Crippen LogP contribution in [0.3, 0.4) is 0 Å². The molecular weight excluding hydrogens is 495 g/mol. The van der Waals surface area contributed by atoms with Crippen LogP contribution in [0.4, 0.5) is 5.69 Å². The molecule has 3 N–H and O–H groups in total. The van der Waals surface area contributed by atoms with Crippen LogP contribution in [-0.2, 0) is 9.53 Å². The van der Waals surface area contributed by atoms with Crippen LogP contribution in [0, 0.1) is 11.3 Å². The minimum absolute atomic E-state index is 0. The van der Waals surface area contributed by atoms with Gasteiger partial charge in [0.1, 0.15) is 12.4 Å². The molecule has 1 saturated heterocycles. The second-order valence-corrected chi connectivity index (χ2v) is 8.50. The highest BCUT2D eigenvalue weighted by Gasteiger charge is 2.35. The number of aliphatic imine (C=N–C) groups is 1. The second kappa shape index (κ2) is 13.0. The number of carbonyl (C=O) groups excluding carboxylic acids is 1. The molecule has 8 heteroatoms. The first kappa shape index (κ1) is 26.5. The third-order valence-corrected chi connectivity index (χ3v) is 4.87. The Hall–Kier alpha value is -1.55. The lowest BCUT2D eigenvalue weighted by atomic mass is 9.78. The molecule has 2 rings (SSSR count). The zero-order valence-electron chi connectivity index (χ0n) is 18.8. The number of carbonyl (C=O) groups is 1. The number of rotatable bonds is 7. The normalized spacial score (nSPS) is 19.4. The van der Waals surface area contributed by atoms with Gasteiger partial charge in [0, 0.05) is 44.8 Å². The van der Waals surface area contributed by atoms with E-state index in [0.717, 1.165) is 31.2 Å². The molecule has 1 amide bonds. The zero-order chi connectivity index (χ0) is 21.3. The lowest BCUT2D eigenvalue weighted by Crippen LogP contribution is -2.48. The van der Waals surface area contributed by atoms with Crippen molar-refractivity contribution < 1.29 is 14.3 Å². The van der Waals surface area contributed by atoms with Gasteiger partial charge in [-0.05, 0) is 30.4 Å². The summed E-state index contributed by atoms with van der Waals surface area (Å²) in [5.74, 6) is 1.85. The van der Waals surface area contributed by atoms with Gasteiger partial charge in [-0.2, -0.15) is 0 Å². The van der Waals surface area contributed by atoms with Crippen LogP contribution < -0.4 is 20.7 Å². The first-order chi connectivity index (χ1) is 13.8. The number of hydrogen-bond acceptors (Lipinski definition) is 4. The largest absolute Gasteiger partial charge is 0.492 e. The molecule has 0 spiro atoms. The molecule has 1 heterocycles. The van der Waals surface area contributed by atoms with Crippen LogP contribution in [-0.4, -0.2) is 51.3 Å². The Labute approximate surface area is 197 Å². The number of nitrogens with zero attached hydrogens (tertiary/aromatic N) is 1. The fourth-order valence-electron chi connectivity index (χ4n) is 3.66. The van der Waals surface area contributed by atoms with Crippen molar-refractivity contribution in [3.63, 3.8) is 0 Å². The van der Waals surface area contributed by atoms with Gasteiger partial charge in [-0.1, -0.05) is 26.8 Å². The summed E-state index contributed by atoms with van der Waals surface area (Å²) in [6.45, 7) is 11.0. The van der Waals surface area contributed by atoms with E-state index in [1.165, 1.54) is 13.3 Å². The van der Waals surface area contributed by atoms with Crippen LogP contribution in [0.15, 0.2) is 29.3 Å². The Morgan fingerprint density at radius 2 is 2.07 bits per heavy atom. The van der Waals surface area contributed by atoms with E-state index in [9.17, 15) is 4.79 Å². The smallest absolute Gasteiger partial charge is 0.221 e. The van der Waals surface area contributed by atoms with E-state index < -0.39 is 0 Å². The monoisotopic (exact) mass is 532 g/mol. The average molecular weight is 532 g/mol. The molecule has 0 saturated carbocycles. The molecule has 0 aliphatic carbocycles. The van der Waals surface area contributed by atoms with Crippen molar-refractivity contribution in [2.45, 2.75) is 46.6 Å². The Morgan fingerprint density at radius 3 is 2.73 bits per heavy atom. The maximum Gasteiger partial charge on any atom is 0.221 e. The van der Waals surface area contributed by atoms with Gasteiger partial charge in [0.25, 0.3) is 0 Å². The molecule has 170 valence electrons. The first-order valence-electron chi connectivity index (χ1n) is 10.4. The van der Waals surface area contributed by atoms with Gasteiger partial charge in [0.05, 0.1) is 12.6 Å². The van der Waals surface area contributed by atoms with Crippen molar-refractivity contribution in [2.24, 2.45) is 16.3 Å². The van der Waals surface area contributed by atoms with Crippen LogP contribution >= 0.6 is 24.0 Å². The quantitative estimate of drug-likeness (QED) is 0.216. The van der Waals surface area contributed by atoms with Gasteiger partial charge in [-0.25, -0.2) is 0 Å². The maximum atomic E-state index is 11.2. The number of amides is 1. The fourth-order valence-corrected chi connectivity index (χ4v) is 3.66. The average Bonchev–Trinajstić information content (AvgIpc) is 2.67. The van der Waals surface area contributed by atoms with Crippen LogP contribution in [0.1, 0.15) is 40.5 Å². The molecule has 1 aliphatic rings. The lowest BCUT2D eigenvalue weighted by Gasteiger charge is -2.40. The Morgan fingerprint density at radius 1 is 1.30 bits per heavy atom. The fraction of sp³-hybridized carbons (Fsp3) is 0.636. The van der Waals surface area contributed by atoms with Crippen molar-refractivity contribution in [3.05, 3.63) is 24.3 Å². The van der Waals surface area contributed by atoms with Crippen LogP contribution in [0.25, 0.3) is 0 Å². The minimum Gasteiger partial charge on any atom is -0.492 e. The van der Waals surface area contributed by atoms with Gasteiger partial charge < -0.3 is 25.4 Å². The van der Waals surface area contributed by atoms with Gasteiger partial charge in [0.2, 0.25) is 5.91 Å². The summed E-state index contributed by atoms with van der Waals surface area (Å²) < 4.78 is 11.8. The molecule has 1 aliphatic heterocycles. The summed E-state index contributed by atoms with van der Waals surface area (Å²) in [6.07, 6.45) is 2.52. The number of ether oxygens (including phenoxy) is 2. The van der Waals surface area contributed by atoms with Gasteiger partial charge in [0.15, 0.2) is 5.96 Å². The van der Waals surface area contributed by atoms with E-state index in [1.54, 1.807) is 7.05 Å². The summed E-state index contributed by atoms with van der Waals surface area (Å²) in [4.78, 5) is 15.5. The molecule has 2 unspecified atom stereocenters. The lowest BCUT2D eigenvalue weighted by molar-refractivity contribution is -0.114. The highest BCUT2D eigenvalue weighted by Crippen LogP contribution is 2.33. The highest BCUT2D eigenvalue weighted by molar-refractivity contribution is 14.0. The Kier molecular flexibility index (Phi) is 11.5. The zero-order valence-corrected chi connectivity index (χ0v) is 21.1. The Balaban J connectivity index is 0.00000450. The summed E-state index contributed by atoms with van der Waals surface area (Å²) in [5, 5.41) is 9.46. The topological polar surface area (TPSA) is 84.0 Å². The number of guanidine groups is 1. The maximum absolute atomic E-state index is 11.2. The molecule has 2 atom stereocenters. The van der Waals surface area contributed by atoms with Crippen molar-refractivity contribution in [3.8, 4) is 5.75 Å². The van der Waals surface area contributed by atoms with E-state index in [4.69, 9.17) is 9.47 Å². The van der Waals surface area contributed by atoms with Crippen LogP contribution in [0.2, 0.25) is 0 Å². The third kappa shape index (κ3) is 9.07. The molecule has 30 heavy (non-hydrogen) atoms. The van der Waals surface area contributed by atoms with Gasteiger partial charge in [-0.3, -0.25) is 9.79 Å². The molecular formula is C22H37IN4O3. The molecule has 1 fully saturated rings. The van der Waals surface area contributed by atoms with E-state index >= 15 is 0 Å². The number of nitrogens with one attached hydrogen (secondary N) is 3. The van der Waals surface area contributed by atoms with E-state index in [-0.39, 0.29) is 41.4 Å². The van der Waals surface area contributed by atoms with E-state index in [2.05, 4.69) is 41.7 Å². The standard InChI is InChI=1S/C22H36N4O3.HI/c1-16(27)26-18-9-6-10-19(14-18)28-13-11-24-21(23-5)25-15-17-8-7-12-29-20(17)22(2,3)4;/h6,9-10,14,17,20H,7-8,11-13,15H2,1-5H3,(H,26,27)(H2,23,24,25);1H. The molecule has 1 aromatic rings. The summed E-state index contributed by atoms with van der Waals surface area (Å²) in [6, 6.07) is 7.36. The van der Waals surface area contributed by atoms with Crippen LogP contribution in [0.5, 0.6) is 5.75 Å². The van der Waals surface area contributed by atoms with E-state index in [0.29, 0.717) is 24.8 Å². The van der Waals surface area contributed by atoms with Gasteiger partial charge >= 0.3 is 0 Å². The SMILES string of the molecule is CN=C(NCCOc1cccc(NC(C)=O)c1)NCC1CCCOC1C(C)(C)C.I. The number of halogens is 1. The molecule has 0 bridgehead atoms. The predicted molar refractivity (Wildman–Crippen MR) is 133 cm³/mol. The van der Waals surface area contributed by atoms with Crippen molar-refractivity contribution in [2.75, 3.05) is 38.7 Å². The minimum atomic E-state index is -0.101. The molecule has 0 radical (unpaired) electrons. The second-order valence-electron chi connectivity index (χ2n) is 8.50. The summed E-state index contributed by atoms with van der Waals surface area (Å²) in [7, 11) is 1.77. The first-order valence-corrected chi connectivity index (χ1v) is 10.4. The number of anilines is 1. The molecule has 1 aromatic carbocycles.